The van der Waals surface area contributed by atoms with Crippen LogP contribution in [0.1, 0.15) is 53.0 Å². The zero-order valence-electron chi connectivity index (χ0n) is 25.5. The number of rotatable bonds is 11. The molecular weight excluding hydrogens is 676 g/mol. The average Bonchev–Trinajstić information content (AvgIpc) is 3.81. The summed E-state index contributed by atoms with van der Waals surface area (Å²) in [6, 6.07) is 10.5. The highest BCUT2D eigenvalue weighted by Crippen LogP contribution is 2.28. The number of hydrogen-bond acceptors (Lipinski definition) is 12. The molecule has 6 rings (SSSR count). The first-order valence-electron chi connectivity index (χ1n) is 14.4. The van der Waals surface area contributed by atoms with Crippen molar-refractivity contribution in [2.24, 2.45) is 0 Å². The van der Waals surface area contributed by atoms with Crippen molar-refractivity contribution in [1.82, 2.24) is 39.8 Å². The first-order valence-corrected chi connectivity index (χ1v) is 14.4. The van der Waals surface area contributed by atoms with Gasteiger partial charge in [0.15, 0.2) is 34.5 Å². The van der Waals surface area contributed by atoms with Crippen LogP contribution < -0.4 is 15.4 Å². The van der Waals surface area contributed by atoms with Crippen molar-refractivity contribution in [2.75, 3.05) is 17.2 Å². The molecule has 2 amide bonds. The molecule has 0 radical (unpaired) electrons. The molecule has 0 aliphatic rings. The van der Waals surface area contributed by atoms with E-state index >= 15 is 0 Å². The van der Waals surface area contributed by atoms with Crippen LogP contribution in [0.2, 0.25) is 0 Å². The number of nitrogens with zero attached hydrogens (tertiary/aromatic N) is 9. The number of carbonyl (C=O) groups excluding carboxylic acids is 2. The second-order valence-electron chi connectivity index (χ2n) is 10.3. The Labute approximate surface area is 282 Å². The number of aromatic carboxylic acids is 2. The van der Waals surface area contributed by atoms with Gasteiger partial charge < -0.3 is 25.6 Å². The number of ether oxygens (including phenoxy) is 1. The molecule has 4 N–H and O–H groups in total. The van der Waals surface area contributed by atoms with Crippen LogP contribution in [0.5, 0.6) is 5.75 Å². The Hall–Kier alpha value is -7.69. The van der Waals surface area contributed by atoms with E-state index in [0.717, 1.165) is 16.8 Å². The number of fused-ring (bicyclic) bond motifs is 1. The molecule has 0 aliphatic heterocycles. The third-order valence-electron chi connectivity index (χ3n) is 7.12. The van der Waals surface area contributed by atoms with E-state index in [4.69, 9.17) is 10.00 Å². The molecule has 51 heavy (non-hydrogen) atoms. The molecular formula is C31H19F2N11O7. The van der Waals surface area contributed by atoms with Crippen molar-refractivity contribution >= 4 is 40.6 Å². The zero-order valence-corrected chi connectivity index (χ0v) is 25.5. The Balaban J connectivity index is 1.18. The summed E-state index contributed by atoms with van der Waals surface area (Å²) < 4.78 is 37.8. The monoisotopic (exact) mass is 695 g/mol. The number of halogens is 2. The number of anilines is 2. The molecule has 4 heterocycles. The van der Waals surface area contributed by atoms with Gasteiger partial charge in [0.1, 0.15) is 23.7 Å². The van der Waals surface area contributed by atoms with Crippen molar-refractivity contribution in [2.45, 2.75) is 6.42 Å². The van der Waals surface area contributed by atoms with Crippen LogP contribution in [0.25, 0.3) is 11.3 Å². The van der Waals surface area contributed by atoms with Gasteiger partial charge in [0.25, 0.3) is 11.8 Å². The Morgan fingerprint density at radius 3 is 2.20 bits per heavy atom. The first kappa shape index (κ1) is 33.2. The molecule has 0 fully saturated rings. The summed E-state index contributed by atoms with van der Waals surface area (Å²) in [6.07, 6.45) is 4.30. The van der Waals surface area contributed by atoms with Gasteiger partial charge in [-0.15, -0.1) is 25.0 Å². The minimum Gasteiger partial charge on any atom is -0.490 e. The minimum absolute atomic E-state index is 0.0327. The van der Waals surface area contributed by atoms with E-state index in [0.29, 0.717) is 18.0 Å². The number of hydrogen-bond donors (Lipinski definition) is 4. The lowest BCUT2D eigenvalue weighted by Crippen LogP contribution is -2.18. The van der Waals surface area contributed by atoms with Gasteiger partial charge in [0.2, 0.25) is 0 Å². The Kier molecular flexibility index (Phi) is 8.99. The van der Waals surface area contributed by atoms with Gasteiger partial charge in [-0.1, -0.05) is 0 Å². The largest absolute Gasteiger partial charge is 0.490 e. The molecule has 6 aromatic rings. The van der Waals surface area contributed by atoms with Crippen LogP contribution in [-0.2, 0) is 6.42 Å². The van der Waals surface area contributed by atoms with E-state index in [1.54, 1.807) is 6.20 Å². The summed E-state index contributed by atoms with van der Waals surface area (Å²) in [5.41, 5.74) is -2.20. The predicted octanol–water partition coefficient (Wildman–Crippen LogP) is 2.77. The van der Waals surface area contributed by atoms with Crippen LogP contribution in [0, 0.1) is 23.0 Å². The highest BCUT2D eigenvalue weighted by Gasteiger charge is 2.22. The molecule has 0 atom stereocenters. The van der Waals surface area contributed by atoms with Gasteiger partial charge in [-0.05, 0) is 53.2 Å². The number of carbonyl (C=O) groups is 4. The van der Waals surface area contributed by atoms with Gasteiger partial charge in [-0.25, -0.2) is 23.4 Å². The molecule has 0 saturated heterocycles. The minimum atomic E-state index is -1.56. The number of nitriles is 1. The highest BCUT2D eigenvalue weighted by molar-refractivity contribution is 6.07. The van der Waals surface area contributed by atoms with Crippen molar-refractivity contribution in [3.8, 4) is 17.6 Å². The topological polar surface area (TPSA) is 252 Å². The van der Waals surface area contributed by atoms with E-state index in [9.17, 15) is 38.2 Å². The van der Waals surface area contributed by atoms with E-state index in [-0.39, 0.29) is 46.0 Å². The molecule has 0 unspecified atom stereocenters. The summed E-state index contributed by atoms with van der Waals surface area (Å²) in [5.74, 6) is -7.10. The highest BCUT2D eigenvalue weighted by atomic mass is 19.1. The molecule has 0 aliphatic carbocycles. The normalized spacial score (nSPS) is 10.8. The second kappa shape index (κ2) is 13.8. The lowest BCUT2D eigenvalue weighted by Gasteiger charge is -2.14. The van der Waals surface area contributed by atoms with Crippen LogP contribution in [0.15, 0.2) is 67.3 Å². The van der Waals surface area contributed by atoms with Gasteiger partial charge in [0, 0.05) is 24.9 Å². The first-order chi connectivity index (χ1) is 24.5. The Bertz CT molecular complexity index is 2390. The molecule has 20 heteroatoms. The van der Waals surface area contributed by atoms with Crippen LogP contribution in [0.3, 0.4) is 0 Å². The van der Waals surface area contributed by atoms with E-state index in [1.165, 1.54) is 41.4 Å². The van der Waals surface area contributed by atoms with Gasteiger partial charge in [-0.2, -0.15) is 5.26 Å². The smallest absolute Gasteiger partial charge is 0.337 e. The average molecular weight is 696 g/mol. The van der Waals surface area contributed by atoms with Gasteiger partial charge in [0.05, 0.1) is 29.1 Å². The molecule has 0 bridgehead atoms. The maximum atomic E-state index is 15.0. The van der Waals surface area contributed by atoms with Crippen molar-refractivity contribution in [1.29, 1.82) is 5.26 Å². The summed E-state index contributed by atoms with van der Waals surface area (Å²) in [7, 11) is 0. The van der Waals surface area contributed by atoms with Crippen LogP contribution >= 0.6 is 0 Å². The summed E-state index contributed by atoms with van der Waals surface area (Å²) in [6.45, 7) is -0.416. The SMILES string of the molecule is N#Cc1nnn2nc(C(=O)Nc3cc(CCOc4cc(NC(=O)c5ccc(-n6ccnc6)nn5)c(C(=O)O)cc4F)c(F)cc3C(=O)O)ccc12. The fourth-order valence-electron chi connectivity index (χ4n) is 4.65. The molecule has 2 aromatic carbocycles. The number of carboxylic acids is 2. The van der Waals surface area contributed by atoms with Gasteiger partial charge in [-0.3, -0.25) is 14.2 Å². The number of nitrogens with one attached hydrogen (secondary N) is 2. The predicted molar refractivity (Wildman–Crippen MR) is 166 cm³/mol. The standard InChI is InChI=1S/C31H19F2N11O7/c32-18-10-16(30(47)48)22(36-29(46)21-1-3-25-24(13-34)39-42-44(25)41-21)9-15(18)5-8-51-26-12-23(17(31(49)50)11-19(26)33)37-28(45)20-2-4-27(40-38-20)43-7-6-35-14-43/h1-4,6-7,9-12,14H,5,8H2,(H,36,46)(H,37,45)(H,47,48)(H,49,50). The quantitative estimate of drug-likeness (QED) is 0.152. The Morgan fingerprint density at radius 2 is 1.55 bits per heavy atom. The number of imidazole rings is 1. The third kappa shape index (κ3) is 6.97. The summed E-state index contributed by atoms with van der Waals surface area (Å²) >= 11 is 0. The number of benzene rings is 2. The number of aromatic nitrogens is 8. The molecule has 254 valence electrons. The summed E-state index contributed by atoms with van der Waals surface area (Å²) in [4.78, 5) is 53.4. The second-order valence-corrected chi connectivity index (χ2v) is 10.3. The fraction of sp³-hybridized carbons (Fsp3) is 0.0645. The molecule has 0 spiro atoms. The third-order valence-corrected chi connectivity index (χ3v) is 7.12. The van der Waals surface area contributed by atoms with E-state index < -0.39 is 58.9 Å². The van der Waals surface area contributed by atoms with E-state index in [1.807, 2.05) is 6.07 Å². The fourth-order valence-corrected chi connectivity index (χ4v) is 4.65. The lowest BCUT2D eigenvalue weighted by atomic mass is 10.1. The van der Waals surface area contributed by atoms with Crippen molar-refractivity contribution < 1.29 is 42.9 Å². The van der Waals surface area contributed by atoms with E-state index in [2.05, 4.69) is 41.2 Å². The Morgan fingerprint density at radius 1 is 0.863 bits per heavy atom. The van der Waals surface area contributed by atoms with Crippen LogP contribution in [0.4, 0.5) is 20.2 Å². The van der Waals surface area contributed by atoms with Gasteiger partial charge >= 0.3 is 11.9 Å². The molecule has 4 aromatic heterocycles. The molecule has 18 nitrogen and oxygen atoms in total. The maximum Gasteiger partial charge on any atom is 0.337 e. The van der Waals surface area contributed by atoms with Crippen LogP contribution in [-0.4, -0.2) is 80.4 Å². The zero-order chi connectivity index (χ0) is 36.2. The summed E-state index contributed by atoms with van der Waals surface area (Å²) in [5, 5.41) is 52.0. The van der Waals surface area contributed by atoms with Crippen molar-refractivity contribution in [3.63, 3.8) is 0 Å². The lowest BCUT2D eigenvalue weighted by molar-refractivity contribution is 0.0686. The number of amides is 2. The molecule has 0 saturated carbocycles. The number of carboxylic acid groups (broad SMARTS) is 2. The maximum absolute atomic E-state index is 15.0. The van der Waals surface area contributed by atoms with Crippen molar-refractivity contribution in [3.05, 3.63) is 113 Å².